The van der Waals surface area contributed by atoms with Gasteiger partial charge in [-0.05, 0) is 140 Å². The Hall–Kier alpha value is -2.36. The van der Waals surface area contributed by atoms with Crippen LogP contribution in [-0.2, 0) is 21.4 Å². The largest absolute Gasteiger partial charge is 0.481 e. The van der Waals surface area contributed by atoms with Gasteiger partial charge in [0.15, 0.2) is 0 Å². The van der Waals surface area contributed by atoms with Crippen LogP contribution in [0.15, 0.2) is 34.9 Å². The van der Waals surface area contributed by atoms with Gasteiger partial charge < -0.3 is 10.2 Å². The van der Waals surface area contributed by atoms with Crippen molar-refractivity contribution in [3.05, 3.63) is 57.2 Å². The lowest BCUT2D eigenvalue weighted by Gasteiger charge is -2.55. The van der Waals surface area contributed by atoms with Crippen molar-refractivity contribution in [2.24, 2.45) is 39.9 Å². The lowest BCUT2D eigenvalue weighted by atomic mass is 9.48. The molecule has 1 aromatic carbocycles. The number of carboxylic acids is 2. The summed E-state index contributed by atoms with van der Waals surface area (Å²) in [4.78, 5) is 25.4. The van der Waals surface area contributed by atoms with Crippen LogP contribution in [0.4, 0.5) is 0 Å². The molecule has 2 N–H and O–H groups in total. The topological polar surface area (TPSA) is 74.6 Å². The van der Waals surface area contributed by atoms with Gasteiger partial charge in [0.2, 0.25) is 0 Å². The first-order valence-electron chi connectivity index (χ1n) is 18.6. The van der Waals surface area contributed by atoms with Crippen LogP contribution < -0.4 is 0 Å². The second-order valence-electron chi connectivity index (χ2n) is 17.9. The van der Waals surface area contributed by atoms with Crippen LogP contribution in [0, 0.1) is 39.9 Å². The number of hydrogen-bond acceptors (Lipinski definition) is 2. The molecule has 2 saturated carbocycles. The van der Waals surface area contributed by atoms with E-state index in [1.165, 1.54) is 33.4 Å². The minimum atomic E-state index is -0.678. The van der Waals surface area contributed by atoms with E-state index in [0.717, 1.165) is 70.6 Å². The third-order valence-electron chi connectivity index (χ3n) is 14.8. The number of rotatable bonds is 6. The maximum absolute atomic E-state index is 12.7. The Morgan fingerprint density at radius 2 is 1.33 bits per heavy atom. The Labute approximate surface area is 278 Å². The highest BCUT2D eigenvalue weighted by Gasteiger charge is 2.57. The predicted octanol–water partition coefficient (Wildman–Crippen LogP) is 10.6. The van der Waals surface area contributed by atoms with Crippen molar-refractivity contribution in [2.75, 3.05) is 0 Å². The maximum Gasteiger partial charge on any atom is 0.309 e. The zero-order valence-corrected chi connectivity index (χ0v) is 30.2. The zero-order valence-electron chi connectivity index (χ0n) is 30.2. The SMILES string of the molecule is CC(C)c1cc2c(cc1[C@H](C)C1=CC3=C(CCC4C(C)(C(=O)O)CCCC34C)CC1C(C)C)C1(C)CCCC(C)(C(=O)O)C1CC2. The van der Waals surface area contributed by atoms with Crippen molar-refractivity contribution in [3.63, 3.8) is 0 Å². The molecule has 0 heterocycles. The Morgan fingerprint density at radius 1 is 0.761 bits per heavy atom. The number of benzene rings is 1. The monoisotopic (exact) mass is 628 g/mol. The smallest absolute Gasteiger partial charge is 0.309 e. The van der Waals surface area contributed by atoms with E-state index in [-0.39, 0.29) is 28.6 Å². The summed E-state index contributed by atoms with van der Waals surface area (Å²) >= 11 is 0. The van der Waals surface area contributed by atoms with Gasteiger partial charge in [-0.2, -0.15) is 0 Å². The van der Waals surface area contributed by atoms with Crippen molar-refractivity contribution in [1.82, 2.24) is 0 Å². The van der Waals surface area contributed by atoms with Crippen LogP contribution in [0.2, 0.25) is 0 Å². The van der Waals surface area contributed by atoms with Gasteiger partial charge in [0.1, 0.15) is 0 Å². The lowest BCUT2D eigenvalue weighted by molar-refractivity contribution is -0.159. The molecule has 252 valence electrons. The van der Waals surface area contributed by atoms with Crippen molar-refractivity contribution in [3.8, 4) is 0 Å². The van der Waals surface area contributed by atoms with Crippen LogP contribution in [-0.4, -0.2) is 22.2 Å². The molecule has 5 aliphatic carbocycles. The summed E-state index contributed by atoms with van der Waals surface area (Å²) in [6.45, 7) is 20.6. The first-order valence-corrected chi connectivity index (χ1v) is 18.6. The number of hydrogen-bond donors (Lipinski definition) is 2. The average molecular weight is 629 g/mol. The van der Waals surface area contributed by atoms with E-state index in [4.69, 9.17) is 0 Å². The summed E-state index contributed by atoms with van der Waals surface area (Å²) in [7, 11) is 0. The Morgan fingerprint density at radius 3 is 1.89 bits per heavy atom. The fourth-order valence-electron chi connectivity index (χ4n) is 12.0. The first kappa shape index (κ1) is 33.5. The molecule has 0 radical (unpaired) electrons. The average Bonchev–Trinajstić information content (AvgIpc) is 2.99. The number of carbonyl (C=O) groups is 2. The summed E-state index contributed by atoms with van der Waals surface area (Å²) in [5, 5.41) is 20.9. The molecule has 1 aromatic rings. The highest BCUT2D eigenvalue weighted by Crippen LogP contribution is 2.63. The second-order valence-corrected chi connectivity index (χ2v) is 17.9. The Kier molecular flexibility index (Phi) is 8.29. The third kappa shape index (κ3) is 4.80. The highest BCUT2D eigenvalue weighted by atomic mass is 16.4. The van der Waals surface area contributed by atoms with Gasteiger partial charge in [-0.3, -0.25) is 9.59 Å². The molecule has 0 spiro atoms. The number of carboxylic acid groups (broad SMARTS) is 2. The van der Waals surface area contributed by atoms with Crippen LogP contribution in [0.25, 0.3) is 0 Å². The van der Waals surface area contributed by atoms with Gasteiger partial charge in [-0.15, -0.1) is 0 Å². The minimum absolute atomic E-state index is 0.104. The molecule has 46 heavy (non-hydrogen) atoms. The van der Waals surface area contributed by atoms with Crippen molar-refractivity contribution < 1.29 is 19.8 Å². The normalized spacial score (nSPS) is 38.0. The van der Waals surface area contributed by atoms with Gasteiger partial charge in [0.25, 0.3) is 0 Å². The fourth-order valence-corrected chi connectivity index (χ4v) is 12.0. The molecule has 0 amide bonds. The predicted molar refractivity (Wildman–Crippen MR) is 186 cm³/mol. The number of aryl methyl sites for hydroxylation is 1. The van der Waals surface area contributed by atoms with E-state index in [2.05, 4.69) is 66.7 Å². The molecular weight excluding hydrogens is 568 g/mol. The maximum atomic E-state index is 12.7. The standard InChI is InChI=1S/C42H60O4/c1-24(2)29-20-27-12-14-35-39(6,16-10-18-41(35,8)37(43)44)33(27)22-31(29)26(5)32-23-34-28(21-30(32)25(3)4)13-15-36-40(34,7)17-11-19-42(36,9)38(45)46/h20,22-26,30,35-36H,10-19,21H2,1-9H3,(H,43,44)(H,45,46)/t26-,30?,35?,36?,39?,40?,41?,42?/m0/s1. The van der Waals surface area contributed by atoms with Gasteiger partial charge >= 0.3 is 11.9 Å². The van der Waals surface area contributed by atoms with Crippen LogP contribution >= 0.6 is 0 Å². The van der Waals surface area contributed by atoms with Crippen LogP contribution in [0.1, 0.15) is 161 Å². The lowest BCUT2D eigenvalue weighted by Crippen LogP contribution is -2.52. The molecule has 8 atom stereocenters. The van der Waals surface area contributed by atoms with Crippen LogP contribution in [0.3, 0.4) is 0 Å². The second kappa shape index (κ2) is 11.4. The third-order valence-corrected chi connectivity index (χ3v) is 14.8. The molecule has 0 aliphatic heterocycles. The fraction of sp³-hybridized carbons (Fsp3) is 0.714. The summed E-state index contributed by atoms with van der Waals surface area (Å²) in [6.07, 6.45) is 13.2. The van der Waals surface area contributed by atoms with E-state index in [1.54, 1.807) is 5.57 Å². The molecule has 2 fully saturated rings. The van der Waals surface area contributed by atoms with Gasteiger partial charge in [-0.1, -0.05) is 90.7 Å². The quantitative estimate of drug-likeness (QED) is 0.329. The molecular formula is C42H60O4. The molecule has 0 saturated heterocycles. The van der Waals surface area contributed by atoms with Crippen LogP contribution in [0.5, 0.6) is 0 Å². The van der Waals surface area contributed by atoms with E-state index >= 15 is 0 Å². The van der Waals surface area contributed by atoms with E-state index in [0.29, 0.717) is 17.8 Å². The summed E-state index contributed by atoms with van der Waals surface area (Å²) in [5.74, 6) is 0.670. The molecule has 7 unspecified atom stereocenters. The van der Waals surface area contributed by atoms with Crippen molar-refractivity contribution in [1.29, 1.82) is 0 Å². The number of fused-ring (bicyclic) bond motifs is 5. The Bertz CT molecular complexity index is 1490. The number of allylic oxidation sites excluding steroid dienone is 4. The summed E-state index contributed by atoms with van der Waals surface area (Å²) < 4.78 is 0. The van der Waals surface area contributed by atoms with Gasteiger partial charge in [0, 0.05) is 5.92 Å². The molecule has 0 bridgehead atoms. The number of aliphatic carboxylic acids is 2. The molecule has 4 nitrogen and oxygen atoms in total. The van der Waals surface area contributed by atoms with Gasteiger partial charge in [0.05, 0.1) is 10.8 Å². The minimum Gasteiger partial charge on any atom is -0.481 e. The molecule has 5 aliphatic rings. The molecule has 6 rings (SSSR count). The van der Waals surface area contributed by atoms with Crippen molar-refractivity contribution >= 4 is 11.9 Å². The zero-order chi connectivity index (χ0) is 33.6. The van der Waals surface area contributed by atoms with E-state index < -0.39 is 22.8 Å². The summed E-state index contributed by atoms with van der Waals surface area (Å²) in [6, 6.07) is 5.06. The Balaban J connectivity index is 1.48. The molecule has 4 heteroatoms. The van der Waals surface area contributed by atoms with E-state index in [1.807, 2.05) is 13.8 Å². The van der Waals surface area contributed by atoms with Crippen molar-refractivity contribution in [2.45, 2.75) is 150 Å². The first-order chi connectivity index (χ1) is 21.5. The highest BCUT2D eigenvalue weighted by molar-refractivity contribution is 5.76. The van der Waals surface area contributed by atoms with Gasteiger partial charge in [-0.25, -0.2) is 0 Å². The summed E-state index contributed by atoms with van der Waals surface area (Å²) in [5.41, 5.74) is 8.71. The molecule has 0 aromatic heterocycles. The van der Waals surface area contributed by atoms with E-state index in [9.17, 15) is 19.8 Å².